The number of fused-ring (bicyclic) bond motifs is 1. The summed E-state index contributed by atoms with van der Waals surface area (Å²) in [5.41, 5.74) is 4.09. The van der Waals surface area contributed by atoms with Crippen molar-refractivity contribution in [2.75, 3.05) is 7.05 Å². The lowest BCUT2D eigenvalue weighted by atomic mass is 9.91. The summed E-state index contributed by atoms with van der Waals surface area (Å²) >= 11 is 3.49. The van der Waals surface area contributed by atoms with Crippen LogP contribution in [0.3, 0.4) is 0 Å². The van der Waals surface area contributed by atoms with E-state index in [1.165, 1.54) is 23.2 Å². The Balaban J connectivity index is 1.79. The van der Waals surface area contributed by atoms with Gasteiger partial charge in [-0.25, -0.2) is 0 Å². The summed E-state index contributed by atoms with van der Waals surface area (Å²) < 4.78 is 1.13. The predicted octanol–water partition coefficient (Wildman–Crippen LogP) is 3.70. The van der Waals surface area contributed by atoms with Gasteiger partial charge < -0.3 is 5.32 Å². The molecule has 0 amide bonds. The zero-order valence-corrected chi connectivity index (χ0v) is 13.2. The Hall–Kier alpha value is -1.19. The molecule has 0 radical (unpaired) electrons. The highest BCUT2D eigenvalue weighted by atomic mass is 79.9. The van der Waals surface area contributed by atoms with E-state index in [1.54, 1.807) is 0 Å². The number of benzene rings is 1. The molecule has 2 unspecified atom stereocenters. The van der Waals surface area contributed by atoms with Crippen molar-refractivity contribution >= 4 is 15.9 Å². The second-order valence-corrected chi connectivity index (χ2v) is 6.33. The number of pyridine rings is 1. The molecule has 20 heavy (non-hydrogen) atoms. The van der Waals surface area contributed by atoms with Crippen LogP contribution in [0, 0.1) is 0 Å². The molecular weight excluding hydrogens is 312 g/mol. The molecular formula is C17H19BrN2. The molecule has 1 aliphatic rings. The van der Waals surface area contributed by atoms with Gasteiger partial charge in [-0.15, -0.1) is 0 Å². The summed E-state index contributed by atoms with van der Waals surface area (Å²) in [6.45, 7) is 0. The van der Waals surface area contributed by atoms with Crippen molar-refractivity contribution in [1.29, 1.82) is 0 Å². The van der Waals surface area contributed by atoms with E-state index < -0.39 is 0 Å². The van der Waals surface area contributed by atoms with Crippen LogP contribution in [0.15, 0.2) is 47.1 Å². The number of aromatic nitrogens is 1. The number of hydrogen-bond acceptors (Lipinski definition) is 2. The van der Waals surface area contributed by atoms with E-state index in [0.717, 1.165) is 17.3 Å². The summed E-state index contributed by atoms with van der Waals surface area (Å²) in [5, 5.41) is 3.50. The predicted molar refractivity (Wildman–Crippen MR) is 86.0 cm³/mol. The van der Waals surface area contributed by atoms with E-state index in [4.69, 9.17) is 0 Å². The average molecular weight is 331 g/mol. The molecule has 0 bridgehead atoms. The van der Waals surface area contributed by atoms with Crippen molar-refractivity contribution in [2.24, 2.45) is 0 Å². The van der Waals surface area contributed by atoms with Crippen molar-refractivity contribution in [2.45, 2.75) is 31.2 Å². The fourth-order valence-electron chi connectivity index (χ4n) is 3.16. The van der Waals surface area contributed by atoms with Crippen LogP contribution in [0.2, 0.25) is 0 Å². The molecule has 1 N–H and O–H groups in total. The van der Waals surface area contributed by atoms with Gasteiger partial charge in [0.15, 0.2) is 0 Å². The fourth-order valence-corrected chi connectivity index (χ4v) is 3.42. The summed E-state index contributed by atoms with van der Waals surface area (Å²) in [6.07, 6.45) is 5.33. The number of nitrogens with one attached hydrogen (secondary N) is 1. The summed E-state index contributed by atoms with van der Waals surface area (Å²) in [7, 11) is 2.06. The minimum atomic E-state index is 0.451. The monoisotopic (exact) mass is 330 g/mol. The first kappa shape index (κ1) is 13.8. The molecule has 104 valence electrons. The molecule has 2 nitrogen and oxygen atoms in total. The quantitative estimate of drug-likeness (QED) is 0.924. The molecule has 3 heteroatoms. The van der Waals surface area contributed by atoms with Crippen LogP contribution in [0.25, 0.3) is 0 Å². The Morgan fingerprint density at radius 1 is 1.30 bits per heavy atom. The van der Waals surface area contributed by atoms with Gasteiger partial charge in [-0.3, -0.25) is 4.98 Å². The smallest absolute Gasteiger partial charge is 0.0482 e. The minimum Gasteiger partial charge on any atom is -0.316 e. The third-order valence-electron chi connectivity index (χ3n) is 4.23. The van der Waals surface area contributed by atoms with E-state index in [9.17, 15) is 0 Å². The van der Waals surface area contributed by atoms with E-state index >= 15 is 0 Å². The number of aryl methyl sites for hydroxylation is 1. The Morgan fingerprint density at radius 2 is 2.10 bits per heavy atom. The molecule has 0 saturated heterocycles. The van der Waals surface area contributed by atoms with Crippen molar-refractivity contribution in [3.05, 3.63) is 63.9 Å². The molecule has 2 atom stereocenters. The number of rotatable bonds is 4. The molecule has 0 saturated carbocycles. The molecule has 2 aromatic rings. The number of likely N-dealkylation sites (N-methyl/N-ethyl adjacent to an activating group) is 1. The topological polar surface area (TPSA) is 24.9 Å². The van der Waals surface area contributed by atoms with Gasteiger partial charge in [-0.1, -0.05) is 34.1 Å². The fraction of sp³-hybridized carbons (Fsp3) is 0.353. The van der Waals surface area contributed by atoms with E-state index in [-0.39, 0.29) is 0 Å². The largest absolute Gasteiger partial charge is 0.316 e. The first-order valence-corrected chi connectivity index (χ1v) is 7.92. The standard InChI is InChI=1S/C17H19BrN2/c1-19-16(11-12-4-7-14(18)8-5-12)15-9-6-13-3-2-10-20-17(13)15/h2-5,7-8,10,15-16,19H,6,9,11H2,1H3. The summed E-state index contributed by atoms with van der Waals surface area (Å²) in [5.74, 6) is 0.528. The maximum atomic E-state index is 4.62. The highest BCUT2D eigenvalue weighted by Gasteiger charge is 2.29. The van der Waals surface area contributed by atoms with Crippen molar-refractivity contribution in [1.82, 2.24) is 10.3 Å². The van der Waals surface area contributed by atoms with E-state index in [2.05, 4.69) is 63.6 Å². The third kappa shape index (κ3) is 2.79. The number of nitrogens with zero attached hydrogens (tertiary/aromatic N) is 1. The van der Waals surface area contributed by atoms with Gasteiger partial charge in [0.25, 0.3) is 0 Å². The number of hydrogen-bond donors (Lipinski definition) is 1. The molecule has 1 heterocycles. The molecule has 1 aromatic carbocycles. The number of halogens is 1. The van der Waals surface area contributed by atoms with Gasteiger partial charge in [0.2, 0.25) is 0 Å². The highest BCUT2D eigenvalue weighted by molar-refractivity contribution is 9.10. The maximum Gasteiger partial charge on any atom is 0.0482 e. The van der Waals surface area contributed by atoms with E-state index in [1.807, 2.05) is 12.3 Å². The first-order valence-electron chi connectivity index (χ1n) is 7.13. The Morgan fingerprint density at radius 3 is 2.85 bits per heavy atom. The minimum absolute atomic E-state index is 0.451. The molecule has 0 aliphatic heterocycles. The molecule has 3 rings (SSSR count). The Kier molecular flexibility index (Phi) is 4.18. The second-order valence-electron chi connectivity index (χ2n) is 5.42. The zero-order chi connectivity index (χ0) is 13.9. The first-order chi connectivity index (χ1) is 9.78. The lowest BCUT2D eigenvalue weighted by Gasteiger charge is -2.23. The Labute approximate surface area is 128 Å². The maximum absolute atomic E-state index is 4.62. The normalized spacial score (nSPS) is 18.8. The molecule has 0 fully saturated rings. The lowest BCUT2D eigenvalue weighted by Crippen LogP contribution is -2.33. The van der Waals surface area contributed by atoms with Crippen LogP contribution >= 0.6 is 15.9 Å². The third-order valence-corrected chi connectivity index (χ3v) is 4.76. The van der Waals surface area contributed by atoms with Crippen LogP contribution < -0.4 is 5.32 Å². The van der Waals surface area contributed by atoms with Gasteiger partial charge in [0.05, 0.1) is 0 Å². The Bertz CT molecular complexity index is 580. The van der Waals surface area contributed by atoms with Crippen LogP contribution in [0.1, 0.15) is 29.2 Å². The lowest BCUT2D eigenvalue weighted by molar-refractivity contribution is 0.450. The molecule has 1 aliphatic carbocycles. The molecule has 0 spiro atoms. The van der Waals surface area contributed by atoms with Crippen LogP contribution in [0.5, 0.6) is 0 Å². The van der Waals surface area contributed by atoms with E-state index in [0.29, 0.717) is 12.0 Å². The molecule has 1 aromatic heterocycles. The summed E-state index contributed by atoms with van der Waals surface area (Å²) in [6, 6.07) is 13.3. The van der Waals surface area contributed by atoms with Crippen molar-refractivity contribution in [3.8, 4) is 0 Å². The van der Waals surface area contributed by atoms with Crippen molar-refractivity contribution in [3.63, 3.8) is 0 Å². The van der Waals surface area contributed by atoms with Crippen LogP contribution in [0.4, 0.5) is 0 Å². The van der Waals surface area contributed by atoms with Gasteiger partial charge in [-0.05, 0) is 55.6 Å². The van der Waals surface area contributed by atoms with Gasteiger partial charge in [0.1, 0.15) is 0 Å². The van der Waals surface area contributed by atoms with Gasteiger partial charge in [-0.2, -0.15) is 0 Å². The van der Waals surface area contributed by atoms with Crippen LogP contribution in [-0.4, -0.2) is 18.1 Å². The second kappa shape index (κ2) is 6.06. The van der Waals surface area contributed by atoms with Crippen molar-refractivity contribution < 1.29 is 0 Å². The van der Waals surface area contributed by atoms with Gasteiger partial charge >= 0.3 is 0 Å². The highest BCUT2D eigenvalue weighted by Crippen LogP contribution is 2.34. The zero-order valence-electron chi connectivity index (χ0n) is 11.6. The summed E-state index contributed by atoms with van der Waals surface area (Å²) in [4.78, 5) is 4.62. The SMILES string of the molecule is CNC(Cc1ccc(Br)cc1)C1CCc2cccnc21. The average Bonchev–Trinajstić information content (AvgIpc) is 2.91. The van der Waals surface area contributed by atoms with Gasteiger partial charge in [0, 0.05) is 28.3 Å². The van der Waals surface area contributed by atoms with Crippen LogP contribution in [-0.2, 0) is 12.8 Å².